The van der Waals surface area contributed by atoms with E-state index in [1.165, 1.54) is 4.90 Å². The number of benzene rings is 2. The molecule has 25 heavy (non-hydrogen) atoms. The smallest absolute Gasteiger partial charge is 0.273 e. The maximum atomic E-state index is 6.11. The lowest BCUT2D eigenvalue weighted by molar-refractivity contribution is -0.830. The molecule has 0 saturated heterocycles. The number of nitrogens with one attached hydrogen (secondary N) is 1. The molecule has 0 spiro atoms. The largest absolute Gasteiger partial charge is 1.00 e. The molecule has 0 aliphatic carbocycles. The zero-order valence-corrected chi connectivity index (χ0v) is 15.0. The number of para-hydroxylation sites is 1. The van der Waals surface area contributed by atoms with Crippen molar-refractivity contribution in [1.29, 1.82) is 0 Å². The van der Waals surface area contributed by atoms with Crippen LogP contribution < -0.4 is 17.3 Å². The SMILES string of the molecule is CC[NH+](CC)c1nc(-c2ccccc2)nc2c1oc1ccccc12.[Cl-]. The number of hydrogen-bond acceptors (Lipinski definition) is 3. The standard InChI is InChI=1S/C20H19N3O.ClH/c1-3-23(4-2)20-18-17(15-12-8-9-13-16(15)24-18)21-19(22-20)14-10-6-5-7-11-14;/h5-13H,3-4H2,1-2H3;1H. The van der Waals surface area contributed by atoms with Crippen LogP contribution in [0.15, 0.2) is 59.0 Å². The first kappa shape index (κ1) is 17.4. The van der Waals surface area contributed by atoms with Crippen molar-refractivity contribution in [3.05, 3.63) is 54.6 Å². The molecule has 0 amide bonds. The van der Waals surface area contributed by atoms with Crippen LogP contribution in [-0.4, -0.2) is 23.1 Å². The Morgan fingerprint density at radius 3 is 2.28 bits per heavy atom. The van der Waals surface area contributed by atoms with Gasteiger partial charge in [-0.1, -0.05) is 42.5 Å². The van der Waals surface area contributed by atoms with Gasteiger partial charge in [0.1, 0.15) is 11.1 Å². The van der Waals surface area contributed by atoms with Crippen LogP contribution in [0.5, 0.6) is 0 Å². The molecule has 0 aliphatic heterocycles. The molecule has 0 radical (unpaired) electrons. The van der Waals surface area contributed by atoms with E-state index < -0.39 is 0 Å². The van der Waals surface area contributed by atoms with E-state index >= 15 is 0 Å². The van der Waals surface area contributed by atoms with E-state index in [0.29, 0.717) is 0 Å². The molecule has 0 unspecified atom stereocenters. The van der Waals surface area contributed by atoms with Gasteiger partial charge in [0.25, 0.3) is 5.82 Å². The molecule has 4 aromatic rings. The fourth-order valence-electron chi connectivity index (χ4n) is 3.13. The van der Waals surface area contributed by atoms with Gasteiger partial charge in [0.15, 0.2) is 5.82 Å². The van der Waals surface area contributed by atoms with Crippen molar-refractivity contribution in [1.82, 2.24) is 9.97 Å². The second-order valence-corrected chi connectivity index (χ2v) is 5.85. The lowest BCUT2D eigenvalue weighted by Gasteiger charge is -2.14. The van der Waals surface area contributed by atoms with Gasteiger partial charge < -0.3 is 16.8 Å². The number of rotatable bonds is 4. The van der Waals surface area contributed by atoms with Crippen LogP contribution in [-0.2, 0) is 0 Å². The second kappa shape index (κ2) is 7.21. The molecular formula is C20H20ClN3O. The first-order chi connectivity index (χ1) is 11.8. The Morgan fingerprint density at radius 2 is 1.56 bits per heavy atom. The highest BCUT2D eigenvalue weighted by Crippen LogP contribution is 2.31. The minimum atomic E-state index is 0. The van der Waals surface area contributed by atoms with E-state index in [9.17, 15) is 0 Å². The fraction of sp³-hybridized carbons (Fsp3) is 0.200. The quantitative estimate of drug-likeness (QED) is 0.584. The molecule has 4 nitrogen and oxygen atoms in total. The summed E-state index contributed by atoms with van der Waals surface area (Å²) in [5.41, 5.74) is 3.58. The van der Waals surface area contributed by atoms with Gasteiger partial charge in [-0.2, -0.15) is 4.98 Å². The van der Waals surface area contributed by atoms with E-state index in [1.807, 2.05) is 48.5 Å². The van der Waals surface area contributed by atoms with E-state index in [1.54, 1.807) is 0 Å². The Hall–Kier alpha value is -2.43. The fourth-order valence-corrected chi connectivity index (χ4v) is 3.13. The minimum Gasteiger partial charge on any atom is -1.00 e. The molecule has 0 bridgehead atoms. The van der Waals surface area contributed by atoms with Gasteiger partial charge in [-0.25, -0.2) is 4.98 Å². The van der Waals surface area contributed by atoms with E-state index in [-0.39, 0.29) is 12.4 Å². The molecule has 0 atom stereocenters. The topological polar surface area (TPSA) is 43.4 Å². The summed E-state index contributed by atoms with van der Waals surface area (Å²) in [6, 6.07) is 18.2. The van der Waals surface area contributed by atoms with Crippen LogP contribution in [0.2, 0.25) is 0 Å². The Bertz CT molecular complexity index is 994. The Morgan fingerprint density at radius 1 is 0.880 bits per heavy atom. The molecule has 5 heteroatoms. The summed E-state index contributed by atoms with van der Waals surface area (Å²) in [5.74, 6) is 1.70. The van der Waals surface area contributed by atoms with Crippen LogP contribution in [0.3, 0.4) is 0 Å². The number of aromatic nitrogens is 2. The van der Waals surface area contributed by atoms with Gasteiger partial charge >= 0.3 is 0 Å². The van der Waals surface area contributed by atoms with Gasteiger partial charge in [0.05, 0.1) is 13.1 Å². The Balaban J connectivity index is 0.00000182. The third-order valence-corrected chi connectivity index (χ3v) is 4.44. The summed E-state index contributed by atoms with van der Waals surface area (Å²) in [6.07, 6.45) is 0. The number of hydrogen-bond donors (Lipinski definition) is 1. The Labute approximate surface area is 152 Å². The zero-order chi connectivity index (χ0) is 16.5. The molecule has 0 fully saturated rings. The summed E-state index contributed by atoms with van der Waals surface area (Å²) in [4.78, 5) is 11.0. The van der Waals surface area contributed by atoms with Crippen molar-refractivity contribution in [2.24, 2.45) is 0 Å². The highest BCUT2D eigenvalue weighted by molar-refractivity contribution is 6.05. The Kier molecular flexibility index (Phi) is 5.02. The number of fused-ring (bicyclic) bond motifs is 3. The second-order valence-electron chi connectivity index (χ2n) is 5.85. The summed E-state index contributed by atoms with van der Waals surface area (Å²) < 4.78 is 6.11. The van der Waals surface area contributed by atoms with Gasteiger partial charge in [-0.15, -0.1) is 0 Å². The normalized spacial score (nSPS) is 11.2. The molecule has 1 N–H and O–H groups in total. The van der Waals surface area contributed by atoms with Crippen molar-refractivity contribution >= 4 is 27.9 Å². The molecule has 128 valence electrons. The van der Waals surface area contributed by atoms with Crippen molar-refractivity contribution in [3.8, 4) is 11.4 Å². The predicted molar refractivity (Wildman–Crippen MR) is 96.5 cm³/mol. The highest BCUT2D eigenvalue weighted by Gasteiger charge is 2.22. The summed E-state index contributed by atoms with van der Waals surface area (Å²) in [6.45, 7) is 6.23. The number of furan rings is 1. The van der Waals surface area contributed by atoms with Crippen molar-refractivity contribution in [2.45, 2.75) is 13.8 Å². The van der Waals surface area contributed by atoms with E-state index in [4.69, 9.17) is 14.4 Å². The molecule has 2 aromatic heterocycles. The van der Waals surface area contributed by atoms with Gasteiger partial charge in [-0.05, 0) is 26.0 Å². The highest BCUT2D eigenvalue weighted by atomic mass is 35.5. The van der Waals surface area contributed by atoms with Crippen molar-refractivity contribution < 1.29 is 21.7 Å². The lowest BCUT2D eigenvalue weighted by atomic mass is 10.2. The van der Waals surface area contributed by atoms with E-state index in [2.05, 4.69) is 19.9 Å². The maximum Gasteiger partial charge on any atom is 0.273 e. The zero-order valence-electron chi connectivity index (χ0n) is 14.3. The third-order valence-electron chi connectivity index (χ3n) is 4.44. The van der Waals surface area contributed by atoms with Crippen LogP contribution in [0.4, 0.5) is 5.82 Å². The monoisotopic (exact) mass is 353 g/mol. The molecule has 2 heterocycles. The number of halogens is 1. The maximum absolute atomic E-state index is 6.11. The van der Waals surface area contributed by atoms with Gasteiger partial charge in [-0.3, -0.25) is 4.90 Å². The summed E-state index contributed by atoms with van der Waals surface area (Å²) >= 11 is 0. The number of quaternary nitrogens is 1. The van der Waals surface area contributed by atoms with Crippen LogP contribution in [0.1, 0.15) is 13.8 Å². The van der Waals surface area contributed by atoms with Crippen LogP contribution in [0, 0.1) is 0 Å². The summed E-state index contributed by atoms with van der Waals surface area (Å²) in [5, 5.41) is 1.04. The van der Waals surface area contributed by atoms with Crippen LogP contribution in [0.25, 0.3) is 33.5 Å². The average Bonchev–Trinajstić information content (AvgIpc) is 3.02. The van der Waals surface area contributed by atoms with Gasteiger partial charge in [0, 0.05) is 10.9 Å². The average molecular weight is 354 g/mol. The summed E-state index contributed by atoms with van der Waals surface area (Å²) in [7, 11) is 0. The minimum absolute atomic E-state index is 0. The molecule has 2 aromatic carbocycles. The first-order valence-corrected chi connectivity index (χ1v) is 8.41. The lowest BCUT2D eigenvalue weighted by Crippen LogP contribution is -3.06. The molecular weight excluding hydrogens is 334 g/mol. The van der Waals surface area contributed by atoms with Crippen molar-refractivity contribution in [3.63, 3.8) is 0 Å². The molecule has 0 saturated carbocycles. The molecule has 0 aliphatic rings. The number of nitrogens with zero attached hydrogens (tertiary/aromatic N) is 2. The van der Waals surface area contributed by atoms with Gasteiger partial charge in [0.2, 0.25) is 5.58 Å². The van der Waals surface area contributed by atoms with Crippen LogP contribution >= 0.6 is 0 Å². The first-order valence-electron chi connectivity index (χ1n) is 8.41. The molecule has 4 rings (SSSR count). The predicted octanol–water partition coefficient (Wildman–Crippen LogP) is 0.603. The van der Waals surface area contributed by atoms with E-state index in [0.717, 1.165) is 52.4 Å². The third kappa shape index (κ3) is 2.99. The van der Waals surface area contributed by atoms with Crippen molar-refractivity contribution in [2.75, 3.05) is 13.1 Å².